The van der Waals surface area contributed by atoms with Crippen LogP contribution in [0.25, 0.3) is 16.9 Å². The van der Waals surface area contributed by atoms with E-state index in [0.29, 0.717) is 17.8 Å². The molecule has 0 unspecified atom stereocenters. The average molecular weight is 382 g/mol. The second-order valence-corrected chi connectivity index (χ2v) is 6.93. The van der Waals surface area contributed by atoms with Crippen LogP contribution in [0.2, 0.25) is 0 Å². The van der Waals surface area contributed by atoms with Crippen LogP contribution in [0.5, 0.6) is 0 Å². The van der Waals surface area contributed by atoms with Gasteiger partial charge in [-0.05, 0) is 35.7 Å². The molecular weight excluding hydrogens is 360 g/mol. The van der Waals surface area contributed by atoms with Gasteiger partial charge in [0.25, 0.3) is 5.91 Å². The van der Waals surface area contributed by atoms with Crippen molar-refractivity contribution >= 4 is 5.91 Å². The molecule has 4 rings (SSSR count). The highest BCUT2D eigenvalue weighted by atomic mass is 16.1. The minimum Gasteiger partial charge on any atom is -0.351 e. The average Bonchev–Trinajstić information content (AvgIpc) is 3.25. The molecule has 144 valence electrons. The quantitative estimate of drug-likeness (QED) is 0.535. The van der Waals surface area contributed by atoms with E-state index in [-0.39, 0.29) is 11.8 Å². The lowest BCUT2D eigenvalue weighted by molar-refractivity contribution is 0.0952. The van der Waals surface area contributed by atoms with E-state index in [9.17, 15) is 4.79 Å². The lowest BCUT2D eigenvalue weighted by Gasteiger charge is -2.13. The van der Waals surface area contributed by atoms with Crippen LogP contribution in [0.3, 0.4) is 0 Å². The highest BCUT2D eigenvalue weighted by molar-refractivity contribution is 5.99. The number of pyridine rings is 1. The Morgan fingerprint density at radius 3 is 2.41 bits per heavy atom. The zero-order chi connectivity index (χ0) is 20.1. The van der Waals surface area contributed by atoms with Crippen LogP contribution in [0.1, 0.15) is 28.8 Å². The second-order valence-electron chi connectivity index (χ2n) is 6.93. The van der Waals surface area contributed by atoms with Gasteiger partial charge < -0.3 is 5.32 Å². The van der Waals surface area contributed by atoms with Crippen LogP contribution in [-0.4, -0.2) is 27.2 Å². The Balaban J connectivity index is 1.61. The SMILES string of the molecule is C[C@@H](CNC(=O)c1cn(-c2ccccc2)nc1-c1cccnc1)c1ccccc1. The maximum absolute atomic E-state index is 13.0. The number of carbonyl (C=O) groups excluding carboxylic acids is 1. The van der Waals surface area contributed by atoms with Crippen molar-refractivity contribution in [3.05, 3.63) is 103 Å². The van der Waals surface area contributed by atoms with Crippen LogP contribution in [-0.2, 0) is 0 Å². The zero-order valence-corrected chi connectivity index (χ0v) is 16.2. The molecule has 0 saturated heterocycles. The number of amides is 1. The van der Waals surface area contributed by atoms with Crippen molar-refractivity contribution in [2.45, 2.75) is 12.8 Å². The van der Waals surface area contributed by atoms with Gasteiger partial charge in [-0.3, -0.25) is 9.78 Å². The van der Waals surface area contributed by atoms with Gasteiger partial charge in [-0.1, -0.05) is 55.5 Å². The summed E-state index contributed by atoms with van der Waals surface area (Å²) < 4.78 is 1.73. The molecule has 2 heterocycles. The molecule has 4 aromatic rings. The van der Waals surface area contributed by atoms with Crippen molar-refractivity contribution in [3.63, 3.8) is 0 Å². The molecule has 1 atom stereocenters. The predicted octanol–water partition coefficient (Wildman–Crippen LogP) is 4.47. The van der Waals surface area contributed by atoms with Gasteiger partial charge in [0.15, 0.2) is 0 Å². The molecule has 5 heteroatoms. The van der Waals surface area contributed by atoms with Crippen LogP contribution < -0.4 is 5.32 Å². The van der Waals surface area contributed by atoms with Gasteiger partial charge in [-0.15, -0.1) is 0 Å². The zero-order valence-electron chi connectivity index (χ0n) is 16.2. The largest absolute Gasteiger partial charge is 0.351 e. The first-order valence-corrected chi connectivity index (χ1v) is 9.61. The fraction of sp³-hybridized carbons (Fsp3) is 0.125. The molecular formula is C24H22N4O. The van der Waals surface area contributed by atoms with Crippen molar-refractivity contribution in [2.24, 2.45) is 0 Å². The standard InChI is InChI=1S/C24H22N4O/c1-18(19-9-4-2-5-10-19)15-26-24(29)22-17-28(21-12-6-3-7-13-21)27-23(22)20-11-8-14-25-16-20/h2-14,16-18H,15H2,1H3,(H,26,29)/t18-/m0/s1. The van der Waals surface area contributed by atoms with Crippen LogP contribution >= 0.6 is 0 Å². The van der Waals surface area contributed by atoms with Crippen molar-refractivity contribution in [1.29, 1.82) is 0 Å². The molecule has 2 aromatic carbocycles. The summed E-state index contributed by atoms with van der Waals surface area (Å²) in [6.45, 7) is 2.65. The van der Waals surface area contributed by atoms with Gasteiger partial charge in [0.2, 0.25) is 0 Å². The molecule has 0 spiro atoms. The van der Waals surface area contributed by atoms with Crippen LogP contribution in [0.4, 0.5) is 0 Å². The van der Waals surface area contributed by atoms with Crippen molar-refractivity contribution < 1.29 is 4.79 Å². The van der Waals surface area contributed by atoms with E-state index in [1.807, 2.05) is 60.7 Å². The topological polar surface area (TPSA) is 59.8 Å². The third-order valence-electron chi connectivity index (χ3n) is 4.85. The van der Waals surface area contributed by atoms with Gasteiger partial charge in [0, 0.05) is 30.7 Å². The predicted molar refractivity (Wildman–Crippen MR) is 114 cm³/mol. The minimum atomic E-state index is -0.145. The number of rotatable bonds is 6. The van der Waals surface area contributed by atoms with E-state index in [1.165, 1.54) is 5.56 Å². The minimum absolute atomic E-state index is 0.145. The van der Waals surface area contributed by atoms with E-state index >= 15 is 0 Å². The van der Waals surface area contributed by atoms with E-state index in [4.69, 9.17) is 0 Å². The summed E-state index contributed by atoms with van der Waals surface area (Å²) >= 11 is 0. The fourth-order valence-corrected chi connectivity index (χ4v) is 3.21. The summed E-state index contributed by atoms with van der Waals surface area (Å²) in [5.74, 6) is 0.0694. The first-order valence-electron chi connectivity index (χ1n) is 9.61. The Morgan fingerprint density at radius 2 is 1.72 bits per heavy atom. The fourth-order valence-electron chi connectivity index (χ4n) is 3.21. The Bertz CT molecular complexity index is 1080. The highest BCUT2D eigenvalue weighted by Gasteiger charge is 2.19. The van der Waals surface area contributed by atoms with Crippen LogP contribution in [0.15, 0.2) is 91.4 Å². The normalized spacial score (nSPS) is 11.8. The number of nitrogens with one attached hydrogen (secondary N) is 1. The Kier molecular flexibility index (Phi) is 5.47. The molecule has 1 amide bonds. The van der Waals surface area contributed by atoms with Crippen molar-refractivity contribution in [2.75, 3.05) is 6.54 Å². The molecule has 0 bridgehead atoms. The second kappa shape index (κ2) is 8.52. The number of para-hydroxylation sites is 1. The maximum Gasteiger partial charge on any atom is 0.255 e. The Morgan fingerprint density at radius 1 is 1.00 bits per heavy atom. The van der Waals surface area contributed by atoms with Crippen molar-refractivity contribution in [3.8, 4) is 16.9 Å². The summed E-state index contributed by atoms with van der Waals surface area (Å²) in [5.41, 5.74) is 4.05. The molecule has 0 radical (unpaired) electrons. The number of hydrogen-bond donors (Lipinski definition) is 1. The summed E-state index contributed by atoms with van der Waals surface area (Å²) in [6.07, 6.45) is 5.21. The van der Waals surface area contributed by atoms with Crippen molar-refractivity contribution in [1.82, 2.24) is 20.1 Å². The number of nitrogens with zero attached hydrogens (tertiary/aromatic N) is 3. The molecule has 0 aliphatic rings. The maximum atomic E-state index is 13.0. The summed E-state index contributed by atoms with van der Waals surface area (Å²) in [6, 6.07) is 23.7. The molecule has 2 aromatic heterocycles. The molecule has 29 heavy (non-hydrogen) atoms. The summed E-state index contributed by atoms with van der Waals surface area (Å²) in [5, 5.41) is 7.73. The molecule has 1 N–H and O–H groups in total. The first-order chi connectivity index (χ1) is 14.2. The van der Waals surface area contributed by atoms with E-state index < -0.39 is 0 Å². The van der Waals surface area contributed by atoms with Gasteiger partial charge in [0.1, 0.15) is 5.69 Å². The number of benzene rings is 2. The van der Waals surface area contributed by atoms with E-state index in [2.05, 4.69) is 34.5 Å². The Hall–Kier alpha value is -3.73. The van der Waals surface area contributed by atoms with Gasteiger partial charge in [-0.25, -0.2) is 4.68 Å². The first kappa shape index (κ1) is 18.6. The van der Waals surface area contributed by atoms with Gasteiger partial charge in [-0.2, -0.15) is 5.10 Å². The lowest BCUT2D eigenvalue weighted by atomic mass is 10.0. The molecule has 5 nitrogen and oxygen atoms in total. The third-order valence-corrected chi connectivity index (χ3v) is 4.85. The third kappa shape index (κ3) is 4.24. The number of aromatic nitrogens is 3. The van der Waals surface area contributed by atoms with E-state index in [1.54, 1.807) is 23.3 Å². The molecule has 0 fully saturated rings. The summed E-state index contributed by atoms with van der Waals surface area (Å²) in [7, 11) is 0. The smallest absolute Gasteiger partial charge is 0.255 e. The van der Waals surface area contributed by atoms with Gasteiger partial charge >= 0.3 is 0 Å². The number of hydrogen-bond acceptors (Lipinski definition) is 3. The van der Waals surface area contributed by atoms with Gasteiger partial charge in [0.05, 0.1) is 11.3 Å². The molecule has 0 aliphatic heterocycles. The molecule has 0 aliphatic carbocycles. The monoisotopic (exact) mass is 382 g/mol. The number of carbonyl (C=O) groups is 1. The summed E-state index contributed by atoms with van der Waals surface area (Å²) in [4.78, 5) is 17.2. The van der Waals surface area contributed by atoms with Crippen LogP contribution in [0, 0.1) is 0 Å². The highest BCUT2D eigenvalue weighted by Crippen LogP contribution is 2.23. The molecule has 0 saturated carbocycles. The lowest BCUT2D eigenvalue weighted by Crippen LogP contribution is -2.27. The van der Waals surface area contributed by atoms with E-state index in [0.717, 1.165) is 11.3 Å². The Labute approximate surface area is 170 Å².